The summed E-state index contributed by atoms with van der Waals surface area (Å²) in [5.41, 5.74) is 1.77. The van der Waals surface area contributed by atoms with Crippen LogP contribution in [0.5, 0.6) is 11.5 Å². The first kappa shape index (κ1) is 11.4. The quantitative estimate of drug-likeness (QED) is 0.576. The summed E-state index contributed by atoms with van der Waals surface area (Å²) in [5, 5.41) is 0. The number of hydrogen-bond donors (Lipinski definition) is 0. The number of cyclic esters (lactones) is 1. The number of rotatable bonds is 2. The van der Waals surface area contributed by atoms with Gasteiger partial charge in [-0.3, -0.25) is 4.79 Å². The van der Waals surface area contributed by atoms with Crippen molar-refractivity contribution in [3.63, 3.8) is 0 Å². The van der Waals surface area contributed by atoms with Gasteiger partial charge in [-0.1, -0.05) is 0 Å². The lowest BCUT2D eigenvalue weighted by Crippen LogP contribution is -2.06. The molecule has 2 rings (SSSR count). The number of fused-ring (bicyclic) bond motifs is 1. The highest BCUT2D eigenvalue weighted by Gasteiger charge is 2.28. The Kier molecular flexibility index (Phi) is 2.75. The minimum Gasteiger partial charge on any atom is -0.496 e. The Morgan fingerprint density at radius 1 is 1.47 bits per heavy atom. The summed E-state index contributed by atoms with van der Waals surface area (Å²) < 4.78 is 15.2. The second-order valence-corrected chi connectivity index (χ2v) is 3.73. The third-order valence-corrected chi connectivity index (χ3v) is 2.61. The lowest BCUT2D eigenvalue weighted by molar-refractivity contribution is -0.131. The third-order valence-electron chi connectivity index (χ3n) is 2.61. The minimum atomic E-state index is -0.443. The summed E-state index contributed by atoms with van der Waals surface area (Å²) in [7, 11) is 1.50. The SMILES string of the molecule is COc1c(C)c(OC(C)=O)cc2c1COC2=O. The van der Waals surface area contributed by atoms with E-state index in [1.54, 1.807) is 6.92 Å². The molecule has 0 aliphatic carbocycles. The van der Waals surface area contributed by atoms with Crippen LogP contribution in [0.2, 0.25) is 0 Å². The zero-order chi connectivity index (χ0) is 12.6. The average molecular weight is 236 g/mol. The van der Waals surface area contributed by atoms with Crippen LogP contribution in [0.3, 0.4) is 0 Å². The Balaban J connectivity index is 2.60. The van der Waals surface area contributed by atoms with Crippen molar-refractivity contribution in [3.8, 4) is 11.5 Å². The summed E-state index contributed by atoms with van der Waals surface area (Å²) in [6, 6.07) is 1.52. The summed E-state index contributed by atoms with van der Waals surface area (Å²) in [6.07, 6.45) is 0. The third kappa shape index (κ3) is 1.84. The van der Waals surface area contributed by atoms with Crippen molar-refractivity contribution in [2.75, 3.05) is 7.11 Å². The van der Waals surface area contributed by atoms with Gasteiger partial charge in [-0.2, -0.15) is 0 Å². The number of methoxy groups -OCH3 is 1. The van der Waals surface area contributed by atoms with E-state index in [9.17, 15) is 9.59 Å². The van der Waals surface area contributed by atoms with Gasteiger partial charge in [-0.15, -0.1) is 0 Å². The van der Waals surface area contributed by atoms with Crippen LogP contribution in [0, 0.1) is 6.92 Å². The molecule has 0 spiro atoms. The van der Waals surface area contributed by atoms with Gasteiger partial charge in [0.05, 0.1) is 12.7 Å². The maximum atomic E-state index is 11.5. The van der Waals surface area contributed by atoms with Gasteiger partial charge in [-0.05, 0) is 13.0 Å². The monoisotopic (exact) mass is 236 g/mol. The van der Waals surface area contributed by atoms with E-state index in [-0.39, 0.29) is 6.61 Å². The molecule has 1 aromatic rings. The highest BCUT2D eigenvalue weighted by atomic mass is 16.5. The molecule has 5 nitrogen and oxygen atoms in total. The smallest absolute Gasteiger partial charge is 0.339 e. The van der Waals surface area contributed by atoms with Crippen LogP contribution in [0.15, 0.2) is 6.07 Å². The lowest BCUT2D eigenvalue weighted by atomic mass is 10.0. The number of carbonyl (C=O) groups is 2. The van der Waals surface area contributed by atoms with Gasteiger partial charge in [-0.25, -0.2) is 4.79 Å². The van der Waals surface area contributed by atoms with Crippen molar-refractivity contribution >= 4 is 11.9 Å². The number of hydrogen-bond acceptors (Lipinski definition) is 5. The van der Waals surface area contributed by atoms with Gasteiger partial charge in [0.1, 0.15) is 18.1 Å². The molecule has 1 heterocycles. The average Bonchev–Trinajstić information content (AvgIpc) is 2.61. The number of benzene rings is 1. The maximum Gasteiger partial charge on any atom is 0.339 e. The van der Waals surface area contributed by atoms with E-state index < -0.39 is 11.9 Å². The van der Waals surface area contributed by atoms with E-state index in [1.807, 2.05) is 0 Å². The zero-order valence-corrected chi connectivity index (χ0v) is 9.83. The fraction of sp³-hybridized carbons (Fsp3) is 0.333. The molecule has 0 saturated carbocycles. The molecule has 1 aliphatic heterocycles. The molecular weight excluding hydrogens is 224 g/mol. The van der Waals surface area contributed by atoms with Crippen LogP contribution in [0.4, 0.5) is 0 Å². The summed E-state index contributed by atoms with van der Waals surface area (Å²) in [6.45, 7) is 3.26. The Morgan fingerprint density at radius 2 is 2.18 bits per heavy atom. The molecule has 1 aliphatic rings. The lowest BCUT2D eigenvalue weighted by Gasteiger charge is -2.12. The normalized spacial score (nSPS) is 13.0. The fourth-order valence-corrected chi connectivity index (χ4v) is 1.87. The molecule has 5 heteroatoms. The van der Waals surface area contributed by atoms with Crippen LogP contribution in [-0.4, -0.2) is 19.0 Å². The van der Waals surface area contributed by atoms with Crippen molar-refractivity contribution in [3.05, 3.63) is 22.8 Å². The van der Waals surface area contributed by atoms with E-state index >= 15 is 0 Å². The summed E-state index contributed by atoms with van der Waals surface area (Å²) >= 11 is 0. The van der Waals surface area contributed by atoms with Crippen molar-refractivity contribution in [2.45, 2.75) is 20.5 Å². The predicted octanol–water partition coefficient (Wildman–Crippen LogP) is 1.60. The maximum absolute atomic E-state index is 11.5. The molecule has 0 radical (unpaired) electrons. The molecule has 0 bridgehead atoms. The van der Waals surface area contributed by atoms with Crippen LogP contribution < -0.4 is 9.47 Å². The fourth-order valence-electron chi connectivity index (χ4n) is 1.87. The highest BCUT2D eigenvalue weighted by molar-refractivity contribution is 5.95. The Bertz CT molecular complexity index is 504. The van der Waals surface area contributed by atoms with Crippen molar-refractivity contribution < 1.29 is 23.8 Å². The molecule has 90 valence electrons. The van der Waals surface area contributed by atoms with Gasteiger partial charge in [0, 0.05) is 18.1 Å². The van der Waals surface area contributed by atoms with Crippen molar-refractivity contribution in [2.24, 2.45) is 0 Å². The van der Waals surface area contributed by atoms with Crippen LogP contribution >= 0.6 is 0 Å². The van der Waals surface area contributed by atoms with E-state index in [4.69, 9.17) is 14.2 Å². The number of carbonyl (C=O) groups excluding carboxylic acids is 2. The van der Waals surface area contributed by atoms with Gasteiger partial charge in [0.15, 0.2) is 0 Å². The van der Waals surface area contributed by atoms with Crippen LogP contribution in [0.1, 0.15) is 28.4 Å². The summed E-state index contributed by atoms with van der Waals surface area (Å²) in [4.78, 5) is 22.4. The predicted molar refractivity (Wildman–Crippen MR) is 58.2 cm³/mol. The molecule has 0 aromatic heterocycles. The second-order valence-electron chi connectivity index (χ2n) is 3.73. The molecule has 0 amide bonds. The van der Waals surface area contributed by atoms with E-state index in [1.165, 1.54) is 20.1 Å². The topological polar surface area (TPSA) is 61.8 Å². The first-order valence-electron chi connectivity index (χ1n) is 5.10. The molecule has 0 unspecified atom stereocenters. The van der Waals surface area contributed by atoms with Crippen molar-refractivity contribution in [1.29, 1.82) is 0 Å². The van der Waals surface area contributed by atoms with Gasteiger partial charge >= 0.3 is 11.9 Å². The van der Waals surface area contributed by atoms with Gasteiger partial charge in [0.2, 0.25) is 0 Å². The Morgan fingerprint density at radius 3 is 2.76 bits per heavy atom. The second kappa shape index (κ2) is 4.08. The minimum absolute atomic E-state index is 0.193. The molecule has 0 fully saturated rings. The molecule has 0 N–H and O–H groups in total. The molecule has 17 heavy (non-hydrogen) atoms. The molecule has 0 saturated heterocycles. The number of esters is 2. The standard InChI is InChI=1S/C12H12O5/c1-6-10(17-7(2)13)4-8-9(11(6)15-3)5-16-12(8)14/h4H,5H2,1-3H3. The van der Waals surface area contributed by atoms with E-state index in [2.05, 4.69) is 0 Å². The first-order chi connectivity index (χ1) is 8.04. The van der Waals surface area contributed by atoms with E-state index in [0.717, 1.165) is 0 Å². The van der Waals surface area contributed by atoms with Crippen LogP contribution in [-0.2, 0) is 16.1 Å². The van der Waals surface area contributed by atoms with Crippen molar-refractivity contribution in [1.82, 2.24) is 0 Å². The molecule has 0 atom stereocenters. The van der Waals surface area contributed by atoms with E-state index in [0.29, 0.717) is 28.2 Å². The Labute approximate surface area is 98.3 Å². The number of ether oxygens (including phenoxy) is 3. The molecular formula is C12H12O5. The first-order valence-corrected chi connectivity index (χ1v) is 5.10. The largest absolute Gasteiger partial charge is 0.496 e. The molecule has 1 aromatic carbocycles. The van der Waals surface area contributed by atoms with Crippen LogP contribution in [0.25, 0.3) is 0 Å². The zero-order valence-electron chi connectivity index (χ0n) is 9.83. The van der Waals surface area contributed by atoms with Gasteiger partial charge in [0.25, 0.3) is 0 Å². The highest BCUT2D eigenvalue weighted by Crippen LogP contribution is 2.38. The Hall–Kier alpha value is -2.04. The summed E-state index contributed by atoms with van der Waals surface area (Å²) in [5.74, 6) is -0.00952. The van der Waals surface area contributed by atoms with Gasteiger partial charge < -0.3 is 14.2 Å².